The van der Waals surface area contributed by atoms with Gasteiger partial charge in [0.05, 0.1) is 0 Å². The van der Waals surface area contributed by atoms with Crippen molar-refractivity contribution in [1.82, 2.24) is 0 Å². The van der Waals surface area contributed by atoms with Crippen LogP contribution >= 0.6 is 0 Å². The van der Waals surface area contributed by atoms with E-state index in [1.807, 2.05) is 30.3 Å². The van der Waals surface area contributed by atoms with Crippen LogP contribution in [-0.2, 0) is 16.0 Å². The largest absolute Gasteiger partial charge is 0.349 e. The molecule has 0 spiro atoms. The Kier molecular flexibility index (Phi) is 5.01. The summed E-state index contributed by atoms with van der Waals surface area (Å²) in [5.41, 5.74) is 2.06. The van der Waals surface area contributed by atoms with Crippen LogP contribution < -0.4 is 0 Å². The fourth-order valence-corrected chi connectivity index (χ4v) is 2.05. The van der Waals surface area contributed by atoms with Crippen LogP contribution in [-0.4, -0.2) is 18.2 Å². The molecule has 1 unspecified atom stereocenters. The highest BCUT2D eigenvalue weighted by Gasteiger charge is 2.17. The van der Waals surface area contributed by atoms with Crippen LogP contribution in [0.15, 0.2) is 54.6 Å². The zero-order valence-corrected chi connectivity index (χ0v) is 11.2. The first-order valence-corrected chi connectivity index (χ1v) is 6.25. The second-order valence-electron chi connectivity index (χ2n) is 4.34. The third-order valence-electron chi connectivity index (χ3n) is 3.07. The summed E-state index contributed by atoms with van der Waals surface area (Å²) in [7, 11) is 1.43. The molecule has 2 aromatic carbocycles. The summed E-state index contributed by atoms with van der Waals surface area (Å²) in [6.45, 7) is 0. The molecule has 0 saturated carbocycles. The molecule has 0 aromatic heterocycles. The van der Waals surface area contributed by atoms with Crippen molar-refractivity contribution >= 4 is 5.78 Å². The highest BCUT2D eigenvalue weighted by molar-refractivity contribution is 5.97. The number of carbonyl (C=O) groups excluding carboxylic acids is 1. The van der Waals surface area contributed by atoms with E-state index in [1.54, 1.807) is 24.3 Å². The molecule has 0 aliphatic rings. The lowest BCUT2D eigenvalue weighted by Crippen LogP contribution is -2.11. The number of hydrogen-bond acceptors (Lipinski definition) is 4. The molecule has 0 radical (unpaired) electrons. The third-order valence-corrected chi connectivity index (χ3v) is 3.07. The summed E-state index contributed by atoms with van der Waals surface area (Å²) >= 11 is 0. The van der Waals surface area contributed by atoms with E-state index in [9.17, 15) is 4.79 Å². The molecular formula is C16H16O4. The first-order valence-electron chi connectivity index (χ1n) is 6.25. The Morgan fingerprint density at radius 3 is 2.40 bits per heavy atom. The molecule has 4 heteroatoms. The van der Waals surface area contributed by atoms with E-state index in [0.29, 0.717) is 11.1 Å². The number of rotatable bonds is 6. The Bertz CT molecular complexity index is 562. The van der Waals surface area contributed by atoms with Crippen LogP contribution in [0.5, 0.6) is 0 Å². The number of benzene rings is 2. The molecule has 1 N–H and O–H groups in total. The van der Waals surface area contributed by atoms with Crippen LogP contribution in [0.2, 0.25) is 0 Å². The van der Waals surface area contributed by atoms with Gasteiger partial charge in [-0.1, -0.05) is 54.6 Å². The average Bonchev–Trinajstić information content (AvgIpc) is 2.51. The minimum atomic E-state index is -0.894. The second-order valence-corrected chi connectivity index (χ2v) is 4.34. The van der Waals surface area contributed by atoms with Gasteiger partial charge >= 0.3 is 0 Å². The first-order chi connectivity index (χ1) is 9.76. The van der Waals surface area contributed by atoms with Crippen molar-refractivity contribution in [2.24, 2.45) is 0 Å². The fourth-order valence-electron chi connectivity index (χ4n) is 2.05. The van der Waals surface area contributed by atoms with E-state index >= 15 is 0 Å². The predicted octanol–water partition coefficient (Wildman–Crippen LogP) is 3.25. The van der Waals surface area contributed by atoms with Gasteiger partial charge in [-0.15, -0.1) is 0 Å². The third kappa shape index (κ3) is 3.30. The molecule has 0 amide bonds. The Labute approximate surface area is 117 Å². The molecule has 1 atom stereocenters. The van der Waals surface area contributed by atoms with Gasteiger partial charge < -0.3 is 4.74 Å². The lowest BCUT2D eigenvalue weighted by molar-refractivity contribution is -0.345. The van der Waals surface area contributed by atoms with Crippen LogP contribution in [0, 0.1) is 0 Å². The van der Waals surface area contributed by atoms with Gasteiger partial charge in [-0.05, 0) is 5.56 Å². The smallest absolute Gasteiger partial charge is 0.217 e. The summed E-state index contributed by atoms with van der Waals surface area (Å²) in [5, 5.41) is 8.85. The molecule has 20 heavy (non-hydrogen) atoms. The summed E-state index contributed by atoms with van der Waals surface area (Å²) in [6.07, 6.45) is -0.668. The quantitative estimate of drug-likeness (QED) is 0.379. The zero-order chi connectivity index (χ0) is 14.4. The predicted molar refractivity (Wildman–Crippen MR) is 74.4 cm³/mol. The van der Waals surface area contributed by atoms with Crippen molar-refractivity contribution < 1.29 is 19.7 Å². The Balaban J connectivity index is 2.23. The van der Waals surface area contributed by atoms with Crippen LogP contribution in [0.25, 0.3) is 0 Å². The maximum absolute atomic E-state index is 12.2. The molecule has 2 rings (SSSR count). The van der Waals surface area contributed by atoms with Gasteiger partial charge in [0.2, 0.25) is 6.29 Å². The van der Waals surface area contributed by atoms with Gasteiger partial charge in [-0.3, -0.25) is 4.79 Å². The summed E-state index contributed by atoms with van der Waals surface area (Å²) < 4.78 is 5.03. The Hall–Kier alpha value is -2.01. The molecule has 0 bridgehead atoms. The standard InChI is InChI=1S/C16H16O4/c1-19-16(20-18)14-10-6-5-9-13(14)11-15(17)12-7-3-2-4-8-12/h2-10,16,18H,11H2,1H3. The second kappa shape index (κ2) is 6.96. The zero-order valence-electron chi connectivity index (χ0n) is 11.2. The number of carbonyl (C=O) groups is 1. The highest BCUT2D eigenvalue weighted by atomic mass is 17.1. The van der Waals surface area contributed by atoms with Gasteiger partial charge in [-0.2, -0.15) is 0 Å². The van der Waals surface area contributed by atoms with Crippen molar-refractivity contribution in [2.75, 3.05) is 7.11 Å². The van der Waals surface area contributed by atoms with Gasteiger partial charge in [0.15, 0.2) is 5.78 Å². The molecule has 0 saturated heterocycles. The van der Waals surface area contributed by atoms with E-state index in [0.717, 1.165) is 5.56 Å². The molecular weight excluding hydrogens is 256 g/mol. The van der Waals surface area contributed by atoms with Crippen molar-refractivity contribution in [3.8, 4) is 0 Å². The van der Waals surface area contributed by atoms with Crippen LogP contribution in [0.3, 0.4) is 0 Å². The molecule has 4 nitrogen and oxygen atoms in total. The Morgan fingerprint density at radius 1 is 1.10 bits per heavy atom. The number of methoxy groups -OCH3 is 1. The number of Topliss-reactive ketones (excluding diaryl/α,β-unsaturated/α-hetero) is 1. The summed E-state index contributed by atoms with van der Waals surface area (Å²) in [5.74, 6) is 0.00541. The molecule has 104 valence electrons. The van der Waals surface area contributed by atoms with Gasteiger partial charge in [-0.25, -0.2) is 10.1 Å². The maximum atomic E-state index is 12.2. The molecule has 0 fully saturated rings. The first kappa shape index (κ1) is 14.4. The topological polar surface area (TPSA) is 55.8 Å². The van der Waals surface area contributed by atoms with E-state index in [4.69, 9.17) is 9.99 Å². The van der Waals surface area contributed by atoms with Crippen LogP contribution in [0.4, 0.5) is 0 Å². The SMILES string of the molecule is COC(OO)c1ccccc1CC(=O)c1ccccc1. The van der Waals surface area contributed by atoms with Crippen molar-refractivity contribution in [2.45, 2.75) is 12.7 Å². The lowest BCUT2D eigenvalue weighted by atomic mass is 9.98. The normalized spacial score (nSPS) is 12.1. The van der Waals surface area contributed by atoms with E-state index < -0.39 is 6.29 Å². The molecule has 2 aromatic rings. The van der Waals surface area contributed by atoms with Gasteiger partial charge in [0.25, 0.3) is 0 Å². The number of ketones is 1. The lowest BCUT2D eigenvalue weighted by Gasteiger charge is -2.15. The monoisotopic (exact) mass is 272 g/mol. The summed E-state index contributed by atoms with van der Waals surface area (Å²) in [4.78, 5) is 16.5. The van der Waals surface area contributed by atoms with Crippen molar-refractivity contribution in [1.29, 1.82) is 0 Å². The maximum Gasteiger partial charge on any atom is 0.217 e. The van der Waals surface area contributed by atoms with Crippen molar-refractivity contribution in [3.63, 3.8) is 0 Å². The number of hydrogen-bond donors (Lipinski definition) is 1. The minimum absolute atomic E-state index is 0.00541. The van der Waals surface area contributed by atoms with Crippen LogP contribution in [0.1, 0.15) is 27.8 Å². The highest BCUT2D eigenvalue weighted by Crippen LogP contribution is 2.22. The molecule has 0 aliphatic carbocycles. The fraction of sp³-hybridized carbons (Fsp3) is 0.188. The number of ether oxygens (including phenoxy) is 1. The Morgan fingerprint density at radius 2 is 1.75 bits per heavy atom. The van der Waals surface area contributed by atoms with E-state index in [-0.39, 0.29) is 12.2 Å². The summed E-state index contributed by atoms with van der Waals surface area (Å²) in [6, 6.07) is 16.3. The van der Waals surface area contributed by atoms with E-state index in [2.05, 4.69) is 4.89 Å². The molecule has 0 heterocycles. The average molecular weight is 272 g/mol. The van der Waals surface area contributed by atoms with E-state index in [1.165, 1.54) is 7.11 Å². The minimum Gasteiger partial charge on any atom is -0.349 e. The molecule has 0 aliphatic heterocycles. The van der Waals surface area contributed by atoms with Gasteiger partial charge in [0, 0.05) is 24.7 Å². The van der Waals surface area contributed by atoms with Crippen molar-refractivity contribution in [3.05, 3.63) is 71.3 Å². The van der Waals surface area contributed by atoms with Gasteiger partial charge in [0.1, 0.15) is 0 Å².